The van der Waals surface area contributed by atoms with Crippen LogP contribution in [0.3, 0.4) is 0 Å². The van der Waals surface area contributed by atoms with Gasteiger partial charge >= 0.3 is 11.9 Å². The Hall–Kier alpha value is -2.24. The first-order chi connectivity index (χ1) is 9.63. The van der Waals surface area contributed by atoms with E-state index in [9.17, 15) is 9.59 Å². The molecule has 0 radical (unpaired) electrons. The lowest BCUT2D eigenvalue weighted by Gasteiger charge is -2.08. The van der Waals surface area contributed by atoms with Gasteiger partial charge in [0.25, 0.3) is 0 Å². The van der Waals surface area contributed by atoms with E-state index in [-0.39, 0.29) is 6.61 Å². The first kappa shape index (κ1) is 15.8. The quantitative estimate of drug-likeness (QED) is 0.442. The van der Waals surface area contributed by atoms with Crippen molar-refractivity contribution in [1.82, 2.24) is 0 Å². The van der Waals surface area contributed by atoms with Crippen LogP contribution in [0.4, 0.5) is 5.69 Å². The summed E-state index contributed by atoms with van der Waals surface area (Å²) in [4.78, 5) is 22.6. The number of hydrogen-bond donors (Lipinski definition) is 1. The molecule has 1 aromatic carbocycles. The summed E-state index contributed by atoms with van der Waals surface area (Å²) in [5.74, 6) is -0.818. The van der Waals surface area contributed by atoms with E-state index >= 15 is 0 Å². The van der Waals surface area contributed by atoms with Crippen LogP contribution in [0, 0.1) is 0 Å². The Morgan fingerprint density at radius 2 is 1.80 bits per heavy atom. The minimum absolute atomic E-state index is 0.309. The van der Waals surface area contributed by atoms with Gasteiger partial charge in [0.15, 0.2) is 13.2 Å². The van der Waals surface area contributed by atoms with Gasteiger partial charge in [-0.2, -0.15) is 0 Å². The van der Waals surface area contributed by atoms with Crippen molar-refractivity contribution in [1.29, 1.82) is 0 Å². The molecule has 110 valence electrons. The SMILES string of the molecule is CCCCOC(=O)COC(=O)COc1ccccc1N. The Kier molecular flexibility index (Phi) is 6.95. The molecular formula is C14H19NO5. The summed E-state index contributed by atoms with van der Waals surface area (Å²) in [6.45, 7) is 1.61. The highest BCUT2D eigenvalue weighted by Gasteiger charge is 2.10. The van der Waals surface area contributed by atoms with Crippen LogP contribution in [0.15, 0.2) is 24.3 Å². The highest BCUT2D eigenvalue weighted by atomic mass is 16.6. The molecule has 0 unspecified atom stereocenters. The molecule has 0 saturated carbocycles. The number of esters is 2. The second-order valence-electron chi connectivity index (χ2n) is 4.06. The maximum absolute atomic E-state index is 11.4. The number of carbonyl (C=O) groups is 2. The normalized spacial score (nSPS) is 9.85. The molecule has 0 heterocycles. The molecule has 2 N–H and O–H groups in total. The summed E-state index contributed by atoms with van der Waals surface area (Å²) in [7, 11) is 0. The molecule has 1 aromatic rings. The molecule has 0 aliphatic carbocycles. The third-order valence-corrected chi connectivity index (χ3v) is 2.38. The fourth-order valence-corrected chi connectivity index (χ4v) is 1.30. The zero-order valence-corrected chi connectivity index (χ0v) is 11.5. The molecule has 0 aromatic heterocycles. The third kappa shape index (κ3) is 6.08. The van der Waals surface area contributed by atoms with E-state index in [0.717, 1.165) is 12.8 Å². The molecule has 1 rings (SSSR count). The summed E-state index contributed by atoms with van der Waals surface area (Å²) >= 11 is 0. The zero-order valence-electron chi connectivity index (χ0n) is 11.5. The first-order valence-electron chi connectivity index (χ1n) is 6.42. The Morgan fingerprint density at radius 3 is 2.50 bits per heavy atom. The van der Waals surface area contributed by atoms with Crippen LogP contribution in [0.25, 0.3) is 0 Å². The Bertz CT molecular complexity index is 447. The van der Waals surface area contributed by atoms with Crippen LogP contribution >= 0.6 is 0 Å². The topological polar surface area (TPSA) is 87.8 Å². The lowest BCUT2D eigenvalue weighted by Crippen LogP contribution is -2.21. The molecule has 0 aliphatic heterocycles. The van der Waals surface area contributed by atoms with Crippen molar-refractivity contribution < 1.29 is 23.8 Å². The van der Waals surface area contributed by atoms with E-state index < -0.39 is 18.5 Å². The second-order valence-corrected chi connectivity index (χ2v) is 4.06. The summed E-state index contributed by atoms with van der Waals surface area (Å²) < 4.78 is 14.7. The van der Waals surface area contributed by atoms with Gasteiger partial charge in [0.1, 0.15) is 5.75 Å². The van der Waals surface area contributed by atoms with E-state index in [1.54, 1.807) is 24.3 Å². The van der Waals surface area contributed by atoms with Crippen molar-refractivity contribution in [2.75, 3.05) is 25.6 Å². The fourth-order valence-electron chi connectivity index (χ4n) is 1.30. The average Bonchev–Trinajstić information content (AvgIpc) is 2.44. The standard InChI is InChI=1S/C14H19NO5/c1-2-3-8-18-13(16)10-20-14(17)9-19-12-7-5-4-6-11(12)15/h4-7H,2-3,8-10,15H2,1H3. The largest absolute Gasteiger partial charge is 0.480 e. The third-order valence-electron chi connectivity index (χ3n) is 2.38. The molecular weight excluding hydrogens is 262 g/mol. The minimum Gasteiger partial charge on any atom is -0.480 e. The number of unbranched alkanes of at least 4 members (excludes halogenated alkanes) is 1. The second kappa shape index (κ2) is 8.79. The number of hydrogen-bond acceptors (Lipinski definition) is 6. The number of ether oxygens (including phenoxy) is 3. The predicted octanol–water partition coefficient (Wildman–Crippen LogP) is 1.53. The van der Waals surface area contributed by atoms with Gasteiger partial charge in [-0.15, -0.1) is 0 Å². The number of rotatable bonds is 8. The Morgan fingerprint density at radius 1 is 1.10 bits per heavy atom. The maximum atomic E-state index is 11.4. The molecule has 0 aliphatic rings. The molecule has 0 saturated heterocycles. The van der Waals surface area contributed by atoms with E-state index in [1.165, 1.54) is 0 Å². The molecule has 20 heavy (non-hydrogen) atoms. The molecule has 6 heteroatoms. The summed E-state index contributed by atoms with van der Waals surface area (Å²) in [5.41, 5.74) is 6.08. The monoisotopic (exact) mass is 281 g/mol. The first-order valence-corrected chi connectivity index (χ1v) is 6.42. The van der Waals surface area contributed by atoms with Crippen LogP contribution in [-0.4, -0.2) is 31.8 Å². The van der Waals surface area contributed by atoms with Gasteiger partial charge in [-0.1, -0.05) is 25.5 Å². The van der Waals surface area contributed by atoms with Gasteiger partial charge in [-0.05, 0) is 18.6 Å². The molecule has 0 bridgehead atoms. The van der Waals surface area contributed by atoms with Crippen molar-refractivity contribution in [2.24, 2.45) is 0 Å². The van der Waals surface area contributed by atoms with E-state index in [4.69, 9.17) is 19.9 Å². The lowest BCUT2D eigenvalue weighted by molar-refractivity contribution is -0.159. The van der Waals surface area contributed by atoms with Crippen molar-refractivity contribution >= 4 is 17.6 Å². The van der Waals surface area contributed by atoms with Crippen LogP contribution < -0.4 is 10.5 Å². The molecule has 0 spiro atoms. The van der Waals surface area contributed by atoms with Crippen LogP contribution in [0.1, 0.15) is 19.8 Å². The molecule has 0 amide bonds. The van der Waals surface area contributed by atoms with Gasteiger partial charge in [0.05, 0.1) is 12.3 Å². The lowest BCUT2D eigenvalue weighted by atomic mass is 10.3. The van der Waals surface area contributed by atoms with Crippen LogP contribution in [-0.2, 0) is 19.1 Å². The van der Waals surface area contributed by atoms with E-state index in [0.29, 0.717) is 18.0 Å². The van der Waals surface area contributed by atoms with Gasteiger partial charge in [0.2, 0.25) is 0 Å². The highest BCUT2D eigenvalue weighted by Crippen LogP contribution is 2.19. The molecule has 6 nitrogen and oxygen atoms in total. The summed E-state index contributed by atoms with van der Waals surface area (Å²) in [6.07, 6.45) is 1.72. The maximum Gasteiger partial charge on any atom is 0.344 e. The van der Waals surface area contributed by atoms with E-state index in [2.05, 4.69) is 0 Å². The number of nitrogen functional groups attached to an aromatic ring is 1. The van der Waals surface area contributed by atoms with Crippen molar-refractivity contribution in [3.8, 4) is 5.75 Å². The van der Waals surface area contributed by atoms with Crippen LogP contribution in [0.5, 0.6) is 5.75 Å². The van der Waals surface area contributed by atoms with Crippen LogP contribution in [0.2, 0.25) is 0 Å². The minimum atomic E-state index is -0.652. The fraction of sp³-hybridized carbons (Fsp3) is 0.429. The summed E-state index contributed by atoms with van der Waals surface area (Å²) in [6, 6.07) is 6.79. The highest BCUT2D eigenvalue weighted by molar-refractivity contribution is 5.77. The van der Waals surface area contributed by atoms with Crippen molar-refractivity contribution in [3.05, 3.63) is 24.3 Å². The number of para-hydroxylation sites is 2. The van der Waals surface area contributed by atoms with Gasteiger partial charge in [-0.3, -0.25) is 0 Å². The Labute approximate surface area is 117 Å². The van der Waals surface area contributed by atoms with Gasteiger partial charge < -0.3 is 19.9 Å². The molecule has 0 atom stereocenters. The number of carbonyl (C=O) groups excluding carboxylic acids is 2. The average molecular weight is 281 g/mol. The summed E-state index contributed by atoms with van der Waals surface area (Å²) in [5, 5.41) is 0. The zero-order chi connectivity index (χ0) is 14.8. The van der Waals surface area contributed by atoms with E-state index in [1.807, 2.05) is 6.92 Å². The number of nitrogens with two attached hydrogens (primary N) is 1. The Balaban J connectivity index is 2.21. The van der Waals surface area contributed by atoms with Gasteiger partial charge in [-0.25, -0.2) is 9.59 Å². The van der Waals surface area contributed by atoms with Gasteiger partial charge in [0, 0.05) is 0 Å². The van der Waals surface area contributed by atoms with Crippen molar-refractivity contribution in [3.63, 3.8) is 0 Å². The number of benzene rings is 1. The number of anilines is 1. The predicted molar refractivity (Wildman–Crippen MR) is 73.2 cm³/mol. The van der Waals surface area contributed by atoms with Crippen molar-refractivity contribution in [2.45, 2.75) is 19.8 Å². The smallest absolute Gasteiger partial charge is 0.344 e. The molecule has 0 fully saturated rings.